The molecule has 2 rings (SSSR count). The summed E-state index contributed by atoms with van der Waals surface area (Å²) in [6.07, 6.45) is -0.698. The fourth-order valence-corrected chi connectivity index (χ4v) is 2.32. The smallest absolute Gasteiger partial charge is 0.141 e. The zero-order valence-corrected chi connectivity index (χ0v) is 13.6. The summed E-state index contributed by atoms with van der Waals surface area (Å²) in [5.41, 5.74) is 0.813. The minimum Gasteiger partial charge on any atom is -0.495 e. The van der Waals surface area contributed by atoms with E-state index in [0.29, 0.717) is 22.3 Å². The Bertz CT molecular complexity index is 622. The lowest BCUT2D eigenvalue weighted by Gasteiger charge is -2.16. The summed E-state index contributed by atoms with van der Waals surface area (Å²) in [5.74, 6) is 1.21. The maximum absolute atomic E-state index is 9.98. The van der Waals surface area contributed by atoms with E-state index in [1.165, 1.54) is 0 Å². The fourth-order valence-electron chi connectivity index (χ4n) is 1.86. The summed E-state index contributed by atoms with van der Waals surface area (Å²) in [7, 11) is 1.60. The Hall–Kier alpha value is -1.62. The molecule has 4 nitrogen and oxygen atoms in total. The van der Waals surface area contributed by atoms with Gasteiger partial charge in [-0.3, -0.25) is 0 Å². The highest BCUT2D eigenvalue weighted by molar-refractivity contribution is 6.35. The van der Waals surface area contributed by atoms with Crippen LogP contribution in [0.1, 0.15) is 0 Å². The Morgan fingerprint density at radius 2 is 1.91 bits per heavy atom. The van der Waals surface area contributed by atoms with Gasteiger partial charge in [-0.2, -0.15) is 0 Å². The summed E-state index contributed by atoms with van der Waals surface area (Å²) >= 11 is 11.8. The number of nitrogens with one attached hydrogen (secondary N) is 1. The van der Waals surface area contributed by atoms with Gasteiger partial charge >= 0.3 is 0 Å². The van der Waals surface area contributed by atoms with E-state index >= 15 is 0 Å². The van der Waals surface area contributed by atoms with Crippen LogP contribution in [0.5, 0.6) is 11.5 Å². The quantitative estimate of drug-likeness (QED) is 0.802. The van der Waals surface area contributed by atoms with E-state index in [1.54, 1.807) is 25.3 Å². The summed E-state index contributed by atoms with van der Waals surface area (Å²) in [4.78, 5) is 0. The van der Waals surface area contributed by atoms with E-state index in [-0.39, 0.29) is 6.61 Å². The maximum Gasteiger partial charge on any atom is 0.141 e. The van der Waals surface area contributed by atoms with Gasteiger partial charge in [-0.1, -0.05) is 35.3 Å². The third-order valence-corrected chi connectivity index (χ3v) is 3.49. The molecule has 0 heterocycles. The molecule has 0 radical (unpaired) electrons. The van der Waals surface area contributed by atoms with Crippen LogP contribution in [-0.4, -0.2) is 31.5 Å². The molecule has 0 bridgehead atoms. The summed E-state index contributed by atoms with van der Waals surface area (Å²) in [6.45, 7) is 0.440. The lowest BCUT2D eigenvalue weighted by atomic mass is 10.2. The van der Waals surface area contributed by atoms with Gasteiger partial charge < -0.3 is 19.9 Å². The average Bonchev–Trinajstić information content (AvgIpc) is 2.52. The van der Waals surface area contributed by atoms with Crippen LogP contribution in [0.4, 0.5) is 5.69 Å². The number of aliphatic hydroxyl groups is 1. The van der Waals surface area contributed by atoms with Gasteiger partial charge in [-0.25, -0.2) is 0 Å². The minimum atomic E-state index is -0.698. The van der Waals surface area contributed by atoms with Crippen molar-refractivity contribution in [3.8, 4) is 11.5 Å². The van der Waals surface area contributed by atoms with Crippen LogP contribution < -0.4 is 14.8 Å². The van der Waals surface area contributed by atoms with Gasteiger partial charge in [0.2, 0.25) is 0 Å². The molecular formula is C16H17Cl2NO3. The molecule has 2 aromatic carbocycles. The number of anilines is 1. The Kier molecular flexibility index (Phi) is 6.19. The van der Waals surface area contributed by atoms with Crippen molar-refractivity contribution in [3.63, 3.8) is 0 Å². The number of methoxy groups -OCH3 is 1. The molecule has 0 saturated heterocycles. The Balaban J connectivity index is 1.84. The molecule has 22 heavy (non-hydrogen) atoms. The Labute approximate surface area is 139 Å². The molecular weight excluding hydrogens is 325 g/mol. The van der Waals surface area contributed by atoms with E-state index in [4.69, 9.17) is 32.7 Å². The zero-order valence-electron chi connectivity index (χ0n) is 12.1. The first-order valence-corrected chi connectivity index (χ1v) is 7.48. The topological polar surface area (TPSA) is 50.7 Å². The molecule has 0 aliphatic carbocycles. The summed E-state index contributed by atoms with van der Waals surface area (Å²) < 4.78 is 10.7. The number of hydrogen-bond acceptors (Lipinski definition) is 4. The largest absolute Gasteiger partial charge is 0.495 e. The maximum atomic E-state index is 9.98. The van der Waals surface area contributed by atoms with Crippen molar-refractivity contribution in [2.75, 3.05) is 25.6 Å². The molecule has 0 fully saturated rings. The molecule has 0 aromatic heterocycles. The minimum absolute atomic E-state index is 0.115. The number of hydrogen-bond donors (Lipinski definition) is 2. The highest BCUT2D eigenvalue weighted by Crippen LogP contribution is 2.27. The number of halogens is 2. The molecule has 0 spiro atoms. The molecule has 0 amide bonds. The van der Waals surface area contributed by atoms with Gasteiger partial charge in [-0.15, -0.1) is 0 Å². The average molecular weight is 342 g/mol. The number of rotatable bonds is 7. The normalized spacial score (nSPS) is 11.8. The van der Waals surface area contributed by atoms with Crippen molar-refractivity contribution in [1.82, 2.24) is 0 Å². The monoisotopic (exact) mass is 341 g/mol. The third kappa shape index (κ3) is 4.70. The molecule has 118 valence electrons. The molecule has 0 saturated carbocycles. The number of para-hydroxylation sites is 2. The second kappa shape index (κ2) is 8.13. The van der Waals surface area contributed by atoms with Crippen LogP contribution in [0.3, 0.4) is 0 Å². The van der Waals surface area contributed by atoms with E-state index in [0.717, 1.165) is 11.4 Å². The molecule has 2 aromatic rings. The first-order valence-electron chi connectivity index (χ1n) is 6.73. The van der Waals surface area contributed by atoms with Crippen molar-refractivity contribution in [3.05, 3.63) is 52.5 Å². The van der Waals surface area contributed by atoms with Crippen LogP contribution in [0.2, 0.25) is 10.0 Å². The third-order valence-electron chi connectivity index (χ3n) is 2.96. The standard InChI is InChI=1S/C16H17Cl2NO3/c1-21-16-5-3-2-4-14(16)19-9-12(20)10-22-15-7-6-11(17)8-13(15)18/h2-8,12,19-20H,9-10H2,1H3/t12-/m1/s1. The van der Waals surface area contributed by atoms with Gasteiger partial charge in [0.05, 0.1) is 17.8 Å². The predicted octanol–water partition coefficient (Wildman–Crippen LogP) is 3.85. The van der Waals surface area contributed by atoms with Crippen LogP contribution >= 0.6 is 23.2 Å². The molecule has 0 aliphatic heterocycles. The SMILES string of the molecule is COc1ccccc1NC[C@@H](O)COc1ccc(Cl)cc1Cl. The first kappa shape index (κ1) is 16.7. The molecule has 0 aliphatic rings. The van der Waals surface area contributed by atoms with Crippen LogP contribution in [-0.2, 0) is 0 Å². The summed E-state index contributed by atoms with van der Waals surface area (Å²) in [6, 6.07) is 12.4. The van der Waals surface area contributed by atoms with Gasteiger partial charge in [0.25, 0.3) is 0 Å². The molecule has 1 atom stereocenters. The zero-order chi connectivity index (χ0) is 15.9. The van der Waals surface area contributed by atoms with Crippen molar-refractivity contribution >= 4 is 28.9 Å². The van der Waals surface area contributed by atoms with E-state index in [1.807, 2.05) is 24.3 Å². The highest BCUT2D eigenvalue weighted by Gasteiger charge is 2.09. The Morgan fingerprint density at radius 3 is 2.64 bits per heavy atom. The van der Waals surface area contributed by atoms with Crippen molar-refractivity contribution in [2.45, 2.75) is 6.10 Å². The Morgan fingerprint density at radius 1 is 1.14 bits per heavy atom. The first-order chi connectivity index (χ1) is 10.6. The second-order valence-electron chi connectivity index (χ2n) is 4.62. The van der Waals surface area contributed by atoms with Crippen LogP contribution in [0, 0.1) is 0 Å². The fraction of sp³-hybridized carbons (Fsp3) is 0.250. The van der Waals surface area contributed by atoms with E-state index in [9.17, 15) is 5.11 Å². The molecule has 2 N–H and O–H groups in total. The molecule has 0 unspecified atom stereocenters. The van der Waals surface area contributed by atoms with E-state index < -0.39 is 6.10 Å². The predicted molar refractivity (Wildman–Crippen MR) is 89.4 cm³/mol. The number of benzene rings is 2. The number of ether oxygens (including phenoxy) is 2. The van der Waals surface area contributed by atoms with Crippen molar-refractivity contribution in [2.24, 2.45) is 0 Å². The van der Waals surface area contributed by atoms with Crippen LogP contribution in [0.15, 0.2) is 42.5 Å². The second-order valence-corrected chi connectivity index (χ2v) is 5.46. The number of aliphatic hydroxyl groups excluding tert-OH is 1. The van der Waals surface area contributed by atoms with Crippen molar-refractivity contribution in [1.29, 1.82) is 0 Å². The van der Waals surface area contributed by atoms with Crippen LogP contribution in [0.25, 0.3) is 0 Å². The highest BCUT2D eigenvalue weighted by atomic mass is 35.5. The van der Waals surface area contributed by atoms with Gasteiger partial charge in [0.1, 0.15) is 24.2 Å². The van der Waals surface area contributed by atoms with E-state index in [2.05, 4.69) is 5.32 Å². The molecule has 6 heteroatoms. The van der Waals surface area contributed by atoms with Gasteiger partial charge in [0, 0.05) is 11.6 Å². The lowest BCUT2D eigenvalue weighted by Crippen LogP contribution is -2.26. The van der Waals surface area contributed by atoms with Gasteiger partial charge in [-0.05, 0) is 30.3 Å². The van der Waals surface area contributed by atoms with Crippen molar-refractivity contribution < 1.29 is 14.6 Å². The van der Waals surface area contributed by atoms with Gasteiger partial charge in [0.15, 0.2) is 0 Å². The summed E-state index contributed by atoms with van der Waals surface area (Å²) in [5, 5.41) is 14.1. The lowest BCUT2D eigenvalue weighted by molar-refractivity contribution is 0.117.